The summed E-state index contributed by atoms with van der Waals surface area (Å²) in [4.78, 5) is 0. The highest BCUT2D eigenvalue weighted by molar-refractivity contribution is 5.40. The van der Waals surface area contributed by atoms with Crippen molar-refractivity contribution in [3.05, 3.63) is 29.3 Å². The zero-order valence-corrected chi connectivity index (χ0v) is 10.6. The lowest BCUT2D eigenvalue weighted by Gasteiger charge is -2.16. The van der Waals surface area contributed by atoms with Gasteiger partial charge in [0.05, 0.1) is 12.2 Å². The lowest BCUT2D eigenvalue weighted by atomic mass is 10.00. The van der Waals surface area contributed by atoms with Gasteiger partial charge in [-0.2, -0.15) is 13.2 Å². The molecule has 0 bridgehead atoms. The summed E-state index contributed by atoms with van der Waals surface area (Å²) in [5.74, 6) is 0.411. The Kier molecular flexibility index (Phi) is 5.02. The van der Waals surface area contributed by atoms with Gasteiger partial charge in [0.2, 0.25) is 0 Å². The molecule has 0 aliphatic carbocycles. The third kappa shape index (κ3) is 3.91. The molecule has 0 spiro atoms. The van der Waals surface area contributed by atoms with E-state index in [2.05, 4.69) is 0 Å². The average molecular weight is 261 g/mol. The molecule has 0 unspecified atom stereocenters. The first-order chi connectivity index (χ1) is 8.36. The summed E-state index contributed by atoms with van der Waals surface area (Å²) in [6.07, 6.45) is -3.73. The largest absolute Gasteiger partial charge is 0.493 e. The van der Waals surface area contributed by atoms with Crippen LogP contribution in [0.1, 0.15) is 37.3 Å². The van der Waals surface area contributed by atoms with Gasteiger partial charge in [0.15, 0.2) is 0 Å². The zero-order valence-electron chi connectivity index (χ0n) is 10.6. The Hall–Kier alpha value is -1.23. The van der Waals surface area contributed by atoms with Crippen LogP contribution in [0.25, 0.3) is 0 Å². The van der Waals surface area contributed by atoms with E-state index in [0.717, 1.165) is 17.7 Å². The summed E-state index contributed by atoms with van der Waals surface area (Å²) in [5.41, 5.74) is 5.42. The molecule has 0 aliphatic heterocycles. The van der Waals surface area contributed by atoms with Crippen LogP contribution in [0.15, 0.2) is 18.2 Å². The van der Waals surface area contributed by atoms with Crippen molar-refractivity contribution in [3.63, 3.8) is 0 Å². The number of alkyl halides is 3. The van der Waals surface area contributed by atoms with Crippen LogP contribution in [0.2, 0.25) is 0 Å². The SMILES string of the molecule is CC(C)c1ccc(C(F)(F)F)cc1OCCCN. The summed E-state index contributed by atoms with van der Waals surface area (Å²) in [6, 6.07) is 3.63. The van der Waals surface area contributed by atoms with Crippen LogP contribution < -0.4 is 10.5 Å². The Morgan fingerprint density at radius 1 is 1.28 bits per heavy atom. The lowest BCUT2D eigenvalue weighted by Crippen LogP contribution is -2.10. The molecule has 0 amide bonds. The maximum absolute atomic E-state index is 12.6. The molecule has 2 nitrogen and oxygen atoms in total. The van der Waals surface area contributed by atoms with Crippen LogP contribution in [0, 0.1) is 0 Å². The Bertz CT molecular complexity index is 388. The van der Waals surface area contributed by atoms with Gasteiger partial charge in [-0.15, -0.1) is 0 Å². The van der Waals surface area contributed by atoms with E-state index >= 15 is 0 Å². The molecule has 0 saturated heterocycles. The summed E-state index contributed by atoms with van der Waals surface area (Å²) in [7, 11) is 0. The molecular weight excluding hydrogens is 243 g/mol. The van der Waals surface area contributed by atoms with Crippen molar-refractivity contribution < 1.29 is 17.9 Å². The molecule has 0 heterocycles. The van der Waals surface area contributed by atoms with Gasteiger partial charge in [0, 0.05) is 0 Å². The molecule has 1 rings (SSSR count). The minimum absolute atomic E-state index is 0.111. The van der Waals surface area contributed by atoms with Crippen LogP contribution in [0.4, 0.5) is 13.2 Å². The lowest BCUT2D eigenvalue weighted by molar-refractivity contribution is -0.137. The molecule has 0 aromatic heterocycles. The van der Waals surface area contributed by atoms with E-state index in [1.807, 2.05) is 13.8 Å². The highest BCUT2D eigenvalue weighted by atomic mass is 19.4. The van der Waals surface area contributed by atoms with E-state index in [1.165, 1.54) is 6.07 Å². The number of rotatable bonds is 5. The quantitative estimate of drug-likeness (QED) is 0.822. The minimum Gasteiger partial charge on any atom is -0.493 e. The fourth-order valence-corrected chi connectivity index (χ4v) is 1.58. The van der Waals surface area contributed by atoms with Gasteiger partial charge < -0.3 is 10.5 Å². The highest BCUT2D eigenvalue weighted by Crippen LogP contribution is 2.35. The second kappa shape index (κ2) is 6.09. The standard InChI is InChI=1S/C13H18F3NO/c1-9(2)11-5-4-10(13(14,15)16)8-12(11)18-7-3-6-17/h4-5,8-9H,3,6-7,17H2,1-2H3. The fourth-order valence-electron chi connectivity index (χ4n) is 1.58. The van der Waals surface area contributed by atoms with Gasteiger partial charge in [-0.3, -0.25) is 0 Å². The van der Waals surface area contributed by atoms with E-state index in [9.17, 15) is 13.2 Å². The van der Waals surface area contributed by atoms with Crippen molar-refractivity contribution in [1.29, 1.82) is 0 Å². The number of benzene rings is 1. The summed E-state index contributed by atoms with van der Waals surface area (Å²) >= 11 is 0. The van der Waals surface area contributed by atoms with Crippen molar-refractivity contribution in [2.45, 2.75) is 32.4 Å². The molecule has 5 heteroatoms. The maximum Gasteiger partial charge on any atom is 0.416 e. The van der Waals surface area contributed by atoms with Gasteiger partial charge in [0.1, 0.15) is 5.75 Å². The molecule has 0 aliphatic rings. The van der Waals surface area contributed by atoms with Crippen molar-refractivity contribution in [3.8, 4) is 5.75 Å². The van der Waals surface area contributed by atoms with E-state index < -0.39 is 11.7 Å². The van der Waals surface area contributed by atoms with E-state index in [0.29, 0.717) is 25.3 Å². The number of hydrogen-bond acceptors (Lipinski definition) is 2. The highest BCUT2D eigenvalue weighted by Gasteiger charge is 2.31. The average Bonchev–Trinajstić information content (AvgIpc) is 2.27. The summed E-state index contributed by atoms with van der Waals surface area (Å²) in [6.45, 7) is 4.62. The molecule has 0 atom stereocenters. The second-order valence-electron chi connectivity index (χ2n) is 4.40. The molecule has 1 aromatic rings. The van der Waals surface area contributed by atoms with Gasteiger partial charge >= 0.3 is 6.18 Å². The van der Waals surface area contributed by atoms with Crippen LogP contribution in [0.5, 0.6) is 5.75 Å². The number of nitrogens with two attached hydrogens (primary N) is 1. The molecule has 18 heavy (non-hydrogen) atoms. The van der Waals surface area contributed by atoms with Crippen LogP contribution in [0.3, 0.4) is 0 Å². The molecule has 102 valence electrons. The van der Waals surface area contributed by atoms with Crippen LogP contribution in [-0.2, 0) is 6.18 Å². The fraction of sp³-hybridized carbons (Fsp3) is 0.538. The Morgan fingerprint density at radius 3 is 2.44 bits per heavy atom. The monoisotopic (exact) mass is 261 g/mol. The van der Waals surface area contributed by atoms with Crippen molar-refractivity contribution in [2.24, 2.45) is 5.73 Å². The first-order valence-electron chi connectivity index (χ1n) is 5.90. The van der Waals surface area contributed by atoms with Gasteiger partial charge in [0.25, 0.3) is 0 Å². The van der Waals surface area contributed by atoms with Gasteiger partial charge in [-0.25, -0.2) is 0 Å². The number of hydrogen-bond donors (Lipinski definition) is 1. The third-order valence-corrected chi connectivity index (χ3v) is 2.57. The zero-order chi connectivity index (χ0) is 13.8. The second-order valence-corrected chi connectivity index (χ2v) is 4.40. The van der Waals surface area contributed by atoms with Crippen LogP contribution in [-0.4, -0.2) is 13.2 Å². The van der Waals surface area contributed by atoms with Crippen molar-refractivity contribution >= 4 is 0 Å². The van der Waals surface area contributed by atoms with Crippen molar-refractivity contribution in [2.75, 3.05) is 13.2 Å². The molecular formula is C13H18F3NO. The van der Waals surface area contributed by atoms with Crippen LogP contribution >= 0.6 is 0 Å². The Morgan fingerprint density at radius 2 is 1.94 bits per heavy atom. The smallest absolute Gasteiger partial charge is 0.416 e. The van der Waals surface area contributed by atoms with Gasteiger partial charge in [-0.1, -0.05) is 19.9 Å². The minimum atomic E-state index is -4.35. The van der Waals surface area contributed by atoms with Crippen molar-refractivity contribution in [1.82, 2.24) is 0 Å². The normalized spacial score (nSPS) is 11.9. The first kappa shape index (κ1) is 14.8. The molecule has 0 fully saturated rings. The summed E-state index contributed by atoms with van der Waals surface area (Å²) in [5, 5.41) is 0. The first-order valence-corrected chi connectivity index (χ1v) is 5.90. The number of ether oxygens (including phenoxy) is 1. The summed E-state index contributed by atoms with van der Waals surface area (Å²) < 4.78 is 43.2. The van der Waals surface area contributed by atoms with E-state index in [-0.39, 0.29) is 5.92 Å². The molecule has 0 radical (unpaired) electrons. The predicted octanol–water partition coefficient (Wildman–Crippen LogP) is 3.56. The Labute approximate surface area is 105 Å². The van der Waals surface area contributed by atoms with E-state index in [1.54, 1.807) is 0 Å². The van der Waals surface area contributed by atoms with Gasteiger partial charge in [-0.05, 0) is 36.6 Å². The molecule has 1 aromatic carbocycles. The predicted molar refractivity (Wildman–Crippen MR) is 64.7 cm³/mol. The third-order valence-electron chi connectivity index (χ3n) is 2.57. The molecule has 0 saturated carbocycles. The molecule has 2 N–H and O–H groups in total. The number of halogens is 3. The topological polar surface area (TPSA) is 35.2 Å². The maximum atomic E-state index is 12.6. The Balaban J connectivity index is 3.00. The van der Waals surface area contributed by atoms with E-state index in [4.69, 9.17) is 10.5 Å².